The highest BCUT2D eigenvalue weighted by Crippen LogP contribution is 2.28. The van der Waals surface area contributed by atoms with Gasteiger partial charge in [0.15, 0.2) is 27.2 Å². The van der Waals surface area contributed by atoms with Gasteiger partial charge in [-0.1, -0.05) is 12.1 Å². The summed E-state index contributed by atoms with van der Waals surface area (Å²) in [5, 5.41) is 13.5. The Morgan fingerprint density at radius 1 is 1.13 bits per heavy atom. The zero-order chi connectivity index (χ0) is 22.8. The second kappa shape index (κ2) is 8.94. The summed E-state index contributed by atoms with van der Waals surface area (Å²) >= 11 is 0. The summed E-state index contributed by atoms with van der Waals surface area (Å²) in [6.07, 6.45) is 1.99. The molecule has 3 rings (SSSR count). The summed E-state index contributed by atoms with van der Waals surface area (Å²) in [5.41, 5.74) is 0.0421. The molecule has 0 saturated heterocycles. The van der Waals surface area contributed by atoms with Crippen LogP contribution in [0.1, 0.15) is 13.3 Å². The third-order valence-corrected chi connectivity index (χ3v) is 5.59. The Labute approximate surface area is 177 Å². The number of hydrogen-bond acceptors (Lipinski definition) is 6. The van der Waals surface area contributed by atoms with Crippen molar-refractivity contribution in [1.82, 2.24) is 9.78 Å². The third-order valence-electron chi connectivity index (χ3n) is 4.46. The molecule has 164 valence electrons. The molecule has 7 nitrogen and oxygen atoms in total. The number of aliphatic hydroxyl groups excluding tert-OH is 1. The van der Waals surface area contributed by atoms with Gasteiger partial charge in [0, 0.05) is 24.3 Å². The second-order valence-electron chi connectivity index (χ2n) is 6.99. The fourth-order valence-electron chi connectivity index (χ4n) is 2.80. The van der Waals surface area contributed by atoms with E-state index in [0.717, 1.165) is 23.1 Å². The summed E-state index contributed by atoms with van der Waals surface area (Å²) in [6, 6.07) is 8.73. The van der Waals surface area contributed by atoms with Crippen LogP contribution in [-0.2, 0) is 9.84 Å². The number of halogens is 2. The molecule has 0 radical (unpaired) electrons. The van der Waals surface area contributed by atoms with E-state index in [4.69, 9.17) is 4.74 Å². The SMILES string of the molecule is CC(O)CCOc1c(-c2ccc(S(C)(=O)=O)cc2)cnn(-c2ccc(F)c(F)c2)c1=O. The monoisotopic (exact) mass is 450 g/mol. The molecule has 0 bridgehead atoms. The Morgan fingerprint density at radius 2 is 1.81 bits per heavy atom. The fraction of sp³-hybridized carbons (Fsp3) is 0.238. The van der Waals surface area contributed by atoms with Gasteiger partial charge in [-0.25, -0.2) is 17.2 Å². The first kappa shape index (κ1) is 22.6. The van der Waals surface area contributed by atoms with Gasteiger partial charge in [-0.15, -0.1) is 0 Å². The normalized spacial score (nSPS) is 12.5. The van der Waals surface area contributed by atoms with Crippen LogP contribution in [0.25, 0.3) is 16.8 Å². The van der Waals surface area contributed by atoms with Crippen molar-refractivity contribution >= 4 is 9.84 Å². The number of rotatable bonds is 7. The fourth-order valence-corrected chi connectivity index (χ4v) is 3.43. The molecule has 0 aliphatic heterocycles. The molecule has 0 amide bonds. The quantitative estimate of drug-likeness (QED) is 0.594. The minimum absolute atomic E-state index is 0.00301. The number of ether oxygens (including phenoxy) is 1. The highest BCUT2D eigenvalue weighted by atomic mass is 32.2. The van der Waals surface area contributed by atoms with Gasteiger partial charge < -0.3 is 9.84 Å². The molecule has 0 aliphatic rings. The van der Waals surface area contributed by atoms with Crippen molar-refractivity contribution in [2.75, 3.05) is 12.9 Å². The molecule has 0 aliphatic carbocycles. The van der Waals surface area contributed by atoms with E-state index < -0.39 is 33.1 Å². The van der Waals surface area contributed by atoms with Crippen molar-refractivity contribution in [1.29, 1.82) is 0 Å². The van der Waals surface area contributed by atoms with Crippen LogP contribution in [-0.4, -0.2) is 42.3 Å². The molecular weight excluding hydrogens is 430 g/mol. The predicted molar refractivity (Wildman–Crippen MR) is 110 cm³/mol. The molecule has 0 saturated carbocycles. The van der Waals surface area contributed by atoms with Crippen LogP contribution in [0.3, 0.4) is 0 Å². The molecule has 3 aromatic rings. The molecule has 0 fully saturated rings. The molecule has 0 spiro atoms. The lowest BCUT2D eigenvalue weighted by atomic mass is 10.1. The van der Waals surface area contributed by atoms with E-state index in [2.05, 4.69) is 5.10 Å². The van der Waals surface area contributed by atoms with Gasteiger partial charge in [0.2, 0.25) is 0 Å². The molecule has 10 heteroatoms. The Balaban J connectivity index is 2.11. The minimum atomic E-state index is -3.40. The van der Waals surface area contributed by atoms with Gasteiger partial charge in [0.25, 0.3) is 0 Å². The Morgan fingerprint density at radius 3 is 2.39 bits per heavy atom. The maximum atomic E-state index is 13.6. The van der Waals surface area contributed by atoms with E-state index in [1.807, 2.05) is 0 Å². The second-order valence-corrected chi connectivity index (χ2v) is 9.00. The van der Waals surface area contributed by atoms with Gasteiger partial charge in [-0.2, -0.15) is 9.78 Å². The first-order valence-electron chi connectivity index (χ1n) is 9.27. The van der Waals surface area contributed by atoms with E-state index in [1.165, 1.54) is 36.5 Å². The Kier molecular flexibility index (Phi) is 6.51. The van der Waals surface area contributed by atoms with Crippen LogP contribution in [0.2, 0.25) is 0 Å². The molecule has 1 atom stereocenters. The maximum Gasteiger partial charge on any atom is 0.314 e. The number of hydrogen-bond donors (Lipinski definition) is 1. The van der Waals surface area contributed by atoms with E-state index in [-0.39, 0.29) is 34.9 Å². The first-order valence-corrected chi connectivity index (χ1v) is 11.2. The standard InChI is InChI=1S/C21H20F2N2O5S/c1-13(26)9-10-30-20-17(14-3-6-16(7-4-14)31(2,28)29)12-24-25(21(20)27)15-5-8-18(22)19(23)11-15/h3-8,11-13,26H,9-10H2,1-2H3. The lowest BCUT2D eigenvalue weighted by Gasteiger charge is -2.14. The average Bonchev–Trinajstić information content (AvgIpc) is 2.70. The lowest BCUT2D eigenvalue weighted by Crippen LogP contribution is -2.24. The lowest BCUT2D eigenvalue weighted by molar-refractivity contribution is 0.155. The van der Waals surface area contributed by atoms with Crippen LogP contribution in [0.15, 0.2) is 58.4 Å². The van der Waals surface area contributed by atoms with E-state index >= 15 is 0 Å². The van der Waals surface area contributed by atoms with E-state index in [9.17, 15) is 27.1 Å². The van der Waals surface area contributed by atoms with Crippen LogP contribution in [0.5, 0.6) is 5.75 Å². The third kappa shape index (κ3) is 5.15. The van der Waals surface area contributed by atoms with Crippen LogP contribution in [0.4, 0.5) is 8.78 Å². The van der Waals surface area contributed by atoms with Crippen molar-refractivity contribution in [3.05, 3.63) is 70.6 Å². The van der Waals surface area contributed by atoms with Crippen LogP contribution < -0.4 is 10.3 Å². The van der Waals surface area contributed by atoms with Crippen LogP contribution >= 0.6 is 0 Å². The van der Waals surface area contributed by atoms with Gasteiger partial charge >= 0.3 is 5.56 Å². The zero-order valence-electron chi connectivity index (χ0n) is 16.7. The summed E-state index contributed by atoms with van der Waals surface area (Å²) in [5.74, 6) is -2.32. The van der Waals surface area contributed by atoms with E-state index in [1.54, 1.807) is 6.92 Å². The molecule has 1 N–H and O–H groups in total. The van der Waals surface area contributed by atoms with Gasteiger partial charge in [-0.05, 0) is 36.8 Å². The van der Waals surface area contributed by atoms with Crippen molar-refractivity contribution < 1.29 is 27.0 Å². The summed E-state index contributed by atoms with van der Waals surface area (Å²) in [4.78, 5) is 13.2. The van der Waals surface area contributed by atoms with Crippen LogP contribution in [0, 0.1) is 11.6 Å². The smallest absolute Gasteiger partial charge is 0.314 e. The largest absolute Gasteiger partial charge is 0.487 e. The van der Waals surface area contributed by atoms with Crippen molar-refractivity contribution in [3.8, 4) is 22.6 Å². The predicted octanol–water partition coefficient (Wildman–Crippen LogP) is 2.73. The first-order chi connectivity index (χ1) is 14.6. The molecule has 31 heavy (non-hydrogen) atoms. The number of aromatic nitrogens is 2. The zero-order valence-corrected chi connectivity index (χ0v) is 17.6. The Bertz CT molecular complexity index is 1260. The Hall–Kier alpha value is -3.11. The van der Waals surface area contributed by atoms with Gasteiger partial charge in [0.1, 0.15) is 0 Å². The topological polar surface area (TPSA) is 98.5 Å². The molecule has 1 aromatic heterocycles. The average molecular weight is 450 g/mol. The number of benzene rings is 2. The van der Waals surface area contributed by atoms with E-state index in [0.29, 0.717) is 5.56 Å². The highest BCUT2D eigenvalue weighted by molar-refractivity contribution is 7.90. The summed E-state index contributed by atoms with van der Waals surface area (Å²) < 4.78 is 56.8. The van der Waals surface area contributed by atoms with Gasteiger partial charge in [0.05, 0.1) is 29.5 Å². The minimum Gasteiger partial charge on any atom is -0.487 e. The molecule has 2 aromatic carbocycles. The van der Waals surface area contributed by atoms with Gasteiger partial charge in [-0.3, -0.25) is 4.79 Å². The van der Waals surface area contributed by atoms with Crippen molar-refractivity contribution in [2.45, 2.75) is 24.3 Å². The number of nitrogens with zero attached hydrogens (tertiary/aromatic N) is 2. The van der Waals surface area contributed by atoms with Crippen molar-refractivity contribution in [3.63, 3.8) is 0 Å². The number of aliphatic hydroxyl groups is 1. The highest BCUT2D eigenvalue weighted by Gasteiger charge is 2.18. The van der Waals surface area contributed by atoms with Crippen molar-refractivity contribution in [2.24, 2.45) is 0 Å². The summed E-state index contributed by atoms with van der Waals surface area (Å²) in [6.45, 7) is 1.59. The summed E-state index contributed by atoms with van der Waals surface area (Å²) in [7, 11) is -3.40. The molecule has 1 heterocycles. The maximum absolute atomic E-state index is 13.6. The molecule has 1 unspecified atom stereocenters. The number of sulfone groups is 1. The molecular formula is C21H20F2N2O5S.